The normalized spacial score (nSPS) is 12.4. The number of carbonyl (C=O) groups is 2. The van der Waals surface area contributed by atoms with Crippen molar-refractivity contribution in [2.45, 2.75) is 51.9 Å². The first-order valence-electron chi connectivity index (χ1n) is 13.9. The Balaban J connectivity index is 1.42. The van der Waals surface area contributed by atoms with E-state index < -0.39 is 12.1 Å². The van der Waals surface area contributed by atoms with Crippen molar-refractivity contribution in [2.24, 2.45) is 0 Å². The molecule has 4 rings (SSSR count). The summed E-state index contributed by atoms with van der Waals surface area (Å²) in [5.74, 6) is 0.187. The average Bonchev–Trinajstić information content (AvgIpc) is 2.99. The first kappa shape index (κ1) is 29.6. The second-order valence-electron chi connectivity index (χ2n) is 9.63. The molecule has 0 fully saturated rings. The molecule has 0 spiro atoms. The lowest BCUT2D eigenvalue weighted by atomic mass is 10.1. The Morgan fingerprint density at radius 2 is 1.66 bits per heavy atom. The standard InChI is InChI=1S/C33H35NO7/c1-3-11-32(36)40-26(20-34-28(4-2)33(37)39-21-23-12-7-5-8-13-23)22-38-25-16-17-27-29(35)19-30(41-31(27)18-25)24-14-9-6-10-15-24/h5-10,12-19,26,28,34H,3-4,11,20-22H2,1-2H3. The molecule has 3 aromatic carbocycles. The van der Waals surface area contributed by atoms with Gasteiger partial charge in [0.25, 0.3) is 0 Å². The van der Waals surface area contributed by atoms with Crippen molar-refractivity contribution in [3.8, 4) is 17.1 Å². The molecule has 0 aliphatic heterocycles. The lowest BCUT2D eigenvalue weighted by Gasteiger charge is -2.22. The zero-order chi connectivity index (χ0) is 29.0. The third-order valence-electron chi connectivity index (χ3n) is 6.46. The van der Waals surface area contributed by atoms with Crippen molar-refractivity contribution in [1.29, 1.82) is 0 Å². The van der Waals surface area contributed by atoms with Gasteiger partial charge in [0.05, 0.1) is 5.39 Å². The van der Waals surface area contributed by atoms with Gasteiger partial charge in [-0.2, -0.15) is 0 Å². The predicted molar refractivity (Wildman–Crippen MR) is 157 cm³/mol. The highest BCUT2D eigenvalue weighted by atomic mass is 16.6. The van der Waals surface area contributed by atoms with E-state index in [1.54, 1.807) is 18.2 Å². The number of fused-ring (bicyclic) bond motifs is 1. The summed E-state index contributed by atoms with van der Waals surface area (Å²) in [6, 6.07) is 24.7. The maximum atomic E-state index is 12.7. The number of carbonyl (C=O) groups excluding carboxylic acids is 2. The van der Waals surface area contributed by atoms with E-state index in [9.17, 15) is 14.4 Å². The highest BCUT2D eigenvalue weighted by Gasteiger charge is 2.22. The number of ether oxygens (including phenoxy) is 3. The van der Waals surface area contributed by atoms with Crippen LogP contribution in [-0.2, 0) is 25.7 Å². The maximum absolute atomic E-state index is 12.7. The van der Waals surface area contributed by atoms with E-state index in [1.165, 1.54) is 6.07 Å². The zero-order valence-corrected chi connectivity index (χ0v) is 23.3. The van der Waals surface area contributed by atoms with Crippen LogP contribution in [-0.4, -0.2) is 37.2 Å². The zero-order valence-electron chi connectivity index (χ0n) is 23.3. The van der Waals surface area contributed by atoms with Crippen molar-refractivity contribution in [2.75, 3.05) is 13.2 Å². The molecule has 8 nitrogen and oxygen atoms in total. The van der Waals surface area contributed by atoms with Crippen molar-refractivity contribution in [1.82, 2.24) is 5.32 Å². The van der Waals surface area contributed by atoms with Crippen LogP contribution in [0.25, 0.3) is 22.3 Å². The lowest BCUT2D eigenvalue weighted by molar-refractivity contribution is -0.151. The lowest BCUT2D eigenvalue weighted by Crippen LogP contribution is -2.44. The summed E-state index contributed by atoms with van der Waals surface area (Å²) in [7, 11) is 0. The van der Waals surface area contributed by atoms with Gasteiger partial charge in [-0.25, -0.2) is 0 Å². The second-order valence-corrected chi connectivity index (χ2v) is 9.63. The predicted octanol–water partition coefficient (Wildman–Crippen LogP) is 5.66. The molecule has 2 atom stereocenters. The molecule has 4 aromatic rings. The van der Waals surface area contributed by atoms with Gasteiger partial charge < -0.3 is 23.9 Å². The molecule has 0 aliphatic carbocycles. The second kappa shape index (κ2) is 14.8. The molecule has 0 saturated heterocycles. The van der Waals surface area contributed by atoms with Gasteiger partial charge >= 0.3 is 11.9 Å². The Labute approximate surface area is 239 Å². The molecule has 1 aromatic heterocycles. The van der Waals surface area contributed by atoms with E-state index in [4.69, 9.17) is 18.6 Å². The third kappa shape index (κ3) is 8.53. The van der Waals surface area contributed by atoms with E-state index in [1.807, 2.05) is 74.5 Å². The van der Waals surface area contributed by atoms with Crippen LogP contribution in [0.4, 0.5) is 0 Å². The van der Waals surface area contributed by atoms with Crippen LogP contribution in [0, 0.1) is 0 Å². The molecule has 0 aliphatic rings. The molecule has 41 heavy (non-hydrogen) atoms. The van der Waals surface area contributed by atoms with E-state index in [-0.39, 0.29) is 43.5 Å². The van der Waals surface area contributed by atoms with E-state index in [2.05, 4.69) is 5.32 Å². The van der Waals surface area contributed by atoms with E-state index in [0.29, 0.717) is 35.3 Å². The summed E-state index contributed by atoms with van der Waals surface area (Å²) < 4.78 is 23.1. The first-order chi connectivity index (χ1) is 20.0. The van der Waals surface area contributed by atoms with Crippen LogP contribution < -0.4 is 15.5 Å². The Morgan fingerprint density at radius 1 is 0.927 bits per heavy atom. The van der Waals surface area contributed by atoms with Gasteiger partial charge in [0.15, 0.2) is 5.43 Å². The van der Waals surface area contributed by atoms with Crippen LogP contribution in [0.1, 0.15) is 38.7 Å². The van der Waals surface area contributed by atoms with Crippen LogP contribution in [0.3, 0.4) is 0 Å². The van der Waals surface area contributed by atoms with Gasteiger partial charge in [0.1, 0.15) is 42.5 Å². The van der Waals surface area contributed by atoms with Gasteiger partial charge in [0.2, 0.25) is 0 Å². The molecule has 0 bridgehead atoms. The molecule has 2 unspecified atom stereocenters. The smallest absolute Gasteiger partial charge is 0.323 e. The summed E-state index contributed by atoms with van der Waals surface area (Å²) in [5, 5.41) is 3.60. The van der Waals surface area contributed by atoms with Crippen molar-refractivity contribution in [3.63, 3.8) is 0 Å². The van der Waals surface area contributed by atoms with Gasteiger partial charge in [-0.1, -0.05) is 74.5 Å². The number of esters is 2. The molecule has 0 amide bonds. The number of nitrogens with one attached hydrogen (secondary N) is 1. The molecule has 0 saturated carbocycles. The Hall–Kier alpha value is -4.43. The molecular weight excluding hydrogens is 522 g/mol. The van der Waals surface area contributed by atoms with E-state index in [0.717, 1.165) is 11.1 Å². The summed E-state index contributed by atoms with van der Waals surface area (Å²) in [5.41, 5.74) is 1.92. The van der Waals surface area contributed by atoms with Crippen LogP contribution >= 0.6 is 0 Å². The fourth-order valence-electron chi connectivity index (χ4n) is 4.24. The van der Waals surface area contributed by atoms with Crippen LogP contribution in [0.15, 0.2) is 94.1 Å². The van der Waals surface area contributed by atoms with Gasteiger partial charge in [-0.3, -0.25) is 14.4 Å². The number of hydrogen-bond donors (Lipinski definition) is 1. The minimum Gasteiger partial charge on any atom is -0.490 e. The van der Waals surface area contributed by atoms with Crippen molar-refractivity contribution >= 4 is 22.9 Å². The Morgan fingerprint density at radius 3 is 2.37 bits per heavy atom. The molecule has 8 heteroatoms. The fourth-order valence-corrected chi connectivity index (χ4v) is 4.24. The monoisotopic (exact) mass is 557 g/mol. The van der Waals surface area contributed by atoms with Gasteiger partial charge in [-0.15, -0.1) is 0 Å². The fraction of sp³-hybridized carbons (Fsp3) is 0.303. The molecule has 0 radical (unpaired) electrons. The molecular formula is C33H35NO7. The minimum absolute atomic E-state index is 0.0338. The van der Waals surface area contributed by atoms with Crippen LogP contribution in [0.5, 0.6) is 5.75 Å². The average molecular weight is 558 g/mol. The summed E-state index contributed by atoms with van der Waals surface area (Å²) >= 11 is 0. The maximum Gasteiger partial charge on any atom is 0.323 e. The topological polar surface area (TPSA) is 104 Å². The van der Waals surface area contributed by atoms with Crippen LogP contribution in [0.2, 0.25) is 0 Å². The van der Waals surface area contributed by atoms with Crippen molar-refractivity contribution < 1.29 is 28.2 Å². The SMILES string of the molecule is CCCC(=O)OC(CNC(CC)C(=O)OCc1ccccc1)COc1ccc2c(=O)cc(-c3ccccc3)oc2c1. The summed E-state index contributed by atoms with van der Waals surface area (Å²) in [4.78, 5) is 37.7. The summed E-state index contributed by atoms with van der Waals surface area (Å²) in [6.45, 7) is 4.18. The van der Waals surface area contributed by atoms with Crippen molar-refractivity contribution in [3.05, 3.63) is 101 Å². The third-order valence-corrected chi connectivity index (χ3v) is 6.46. The van der Waals surface area contributed by atoms with E-state index >= 15 is 0 Å². The highest BCUT2D eigenvalue weighted by molar-refractivity contribution is 5.80. The number of rotatable bonds is 14. The Bertz CT molecular complexity index is 1480. The number of hydrogen-bond acceptors (Lipinski definition) is 8. The molecule has 214 valence electrons. The van der Waals surface area contributed by atoms with Gasteiger partial charge in [0, 0.05) is 30.7 Å². The quantitative estimate of drug-likeness (QED) is 0.198. The highest BCUT2D eigenvalue weighted by Crippen LogP contribution is 2.25. The first-order valence-corrected chi connectivity index (χ1v) is 13.9. The minimum atomic E-state index is -0.664. The van der Waals surface area contributed by atoms with Gasteiger partial charge in [-0.05, 0) is 30.5 Å². The largest absolute Gasteiger partial charge is 0.490 e. The molecule has 1 N–H and O–H groups in total. The number of benzene rings is 3. The summed E-state index contributed by atoms with van der Waals surface area (Å²) in [6.07, 6.45) is 0.758. The Kier molecular flexibility index (Phi) is 10.7. The molecule has 1 heterocycles.